The normalized spacial score (nSPS) is 12.7. The largest absolute Gasteiger partial charge is 0.341 e. The lowest BCUT2D eigenvalue weighted by Crippen LogP contribution is -2.25. The number of para-hydroxylation sites is 1. The maximum Gasteiger partial charge on any atom is 0.269 e. The maximum atomic E-state index is 11.8. The van der Waals surface area contributed by atoms with Gasteiger partial charge < -0.3 is 10.2 Å². The smallest absolute Gasteiger partial charge is 0.269 e. The molecular weight excluding hydrogens is 422 g/mol. The number of nitrogens with one attached hydrogen (secondary N) is 1. The molecule has 5 nitrogen and oxygen atoms in total. The Hall–Kier alpha value is -2.78. The number of hydrogen-bond acceptors (Lipinski definition) is 4. The van der Waals surface area contributed by atoms with Crippen LogP contribution >= 0.6 is 11.6 Å². The van der Waals surface area contributed by atoms with Gasteiger partial charge in [0, 0.05) is 42.6 Å². The van der Waals surface area contributed by atoms with Crippen molar-refractivity contribution in [2.45, 2.75) is 25.7 Å². The number of rotatable bonds is 10. The molecule has 0 unspecified atom stereocenters. The van der Waals surface area contributed by atoms with Crippen molar-refractivity contribution in [1.82, 2.24) is 10.4 Å². The van der Waals surface area contributed by atoms with E-state index in [9.17, 15) is 4.79 Å². The van der Waals surface area contributed by atoms with Gasteiger partial charge in [-0.2, -0.15) is 0 Å². The fourth-order valence-electron chi connectivity index (χ4n) is 3.79. The molecule has 1 heterocycles. The van der Waals surface area contributed by atoms with Crippen LogP contribution in [-0.4, -0.2) is 44.3 Å². The first-order chi connectivity index (χ1) is 15.6. The topological polar surface area (TPSA) is 44.8 Å². The zero-order valence-electron chi connectivity index (χ0n) is 18.5. The first-order valence-electron chi connectivity index (χ1n) is 11.0. The Kier molecular flexibility index (Phi) is 9.18. The van der Waals surface area contributed by atoms with Crippen LogP contribution in [0.1, 0.15) is 24.0 Å². The summed E-state index contributed by atoms with van der Waals surface area (Å²) in [6.07, 6.45) is 12.5. The monoisotopic (exact) mass is 451 g/mol. The fourth-order valence-corrected chi connectivity index (χ4v) is 3.96. The number of fused-ring (bicyclic) bond motifs is 2. The molecule has 0 saturated carbocycles. The van der Waals surface area contributed by atoms with E-state index in [1.165, 1.54) is 28.6 Å². The summed E-state index contributed by atoms with van der Waals surface area (Å²) in [4.78, 5) is 19.3. The average molecular weight is 452 g/mol. The van der Waals surface area contributed by atoms with Crippen LogP contribution < -0.4 is 10.2 Å². The molecule has 0 aromatic heterocycles. The molecule has 0 fully saturated rings. The molecule has 2 aromatic carbocycles. The molecular formula is C26H30ClN3O2. The summed E-state index contributed by atoms with van der Waals surface area (Å²) < 4.78 is 0. The van der Waals surface area contributed by atoms with Crippen LogP contribution in [0.3, 0.4) is 0 Å². The highest BCUT2D eigenvalue weighted by Crippen LogP contribution is 2.37. The van der Waals surface area contributed by atoms with Crippen LogP contribution in [-0.2, 0) is 22.5 Å². The van der Waals surface area contributed by atoms with E-state index >= 15 is 0 Å². The average Bonchev–Trinajstić information content (AvgIpc) is 2.95. The first-order valence-corrected chi connectivity index (χ1v) is 11.3. The Bertz CT molecular complexity index is 983. The number of hydroxylamine groups is 2. The molecule has 168 valence electrons. The third-order valence-corrected chi connectivity index (χ3v) is 5.68. The third-order valence-electron chi connectivity index (χ3n) is 5.44. The van der Waals surface area contributed by atoms with Crippen molar-refractivity contribution in [3.05, 3.63) is 70.8 Å². The predicted molar refractivity (Wildman–Crippen MR) is 131 cm³/mol. The minimum atomic E-state index is -0.237. The first kappa shape index (κ1) is 23.9. The van der Waals surface area contributed by atoms with E-state index in [1.807, 2.05) is 6.07 Å². The van der Waals surface area contributed by atoms with E-state index in [2.05, 4.69) is 52.5 Å². The van der Waals surface area contributed by atoms with E-state index in [4.69, 9.17) is 22.9 Å². The Morgan fingerprint density at radius 2 is 2.00 bits per heavy atom. The molecule has 1 amide bonds. The summed E-state index contributed by atoms with van der Waals surface area (Å²) in [5.41, 5.74) is 5.21. The van der Waals surface area contributed by atoms with Gasteiger partial charge in [0.25, 0.3) is 5.91 Å². The third kappa shape index (κ3) is 6.61. The number of carbonyl (C=O) groups is 1. The Labute approximate surface area is 196 Å². The summed E-state index contributed by atoms with van der Waals surface area (Å²) in [5, 5.41) is 5.26. The number of aryl methyl sites for hydroxylation is 2. The van der Waals surface area contributed by atoms with Crippen LogP contribution in [0, 0.1) is 12.3 Å². The van der Waals surface area contributed by atoms with Crippen LogP contribution in [0.5, 0.6) is 0 Å². The van der Waals surface area contributed by atoms with Gasteiger partial charge >= 0.3 is 0 Å². The standard InChI is InChI=1S/C26H30ClN3O2/c1-3-19-32-29(2)26(31)11-8-17-28-16-6-7-18-30-24-10-5-4-9-21(24)12-13-22-14-15-23(27)20-25(22)30/h1,4-5,8-11,14-15,20,28H,6-7,12-13,16-19H2,2H3/b11-8+. The Morgan fingerprint density at radius 1 is 1.22 bits per heavy atom. The molecule has 6 heteroatoms. The molecule has 0 spiro atoms. The molecule has 0 bridgehead atoms. The van der Waals surface area contributed by atoms with Crippen molar-refractivity contribution in [2.75, 3.05) is 38.2 Å². The van der Waals surface area contributed by atoms with Crippen molar-refractivity contribution in [2.24, 2.45) is 0 Å². The number of halogens is 1. The Balaban J connectivity index is 1.48. The van der Waals surface area contributed by atoms with Gasteiger partial charge in [-0.25, -0.2) is 5.06 Å². The molecule has 32 heavy (non-hydrogen) atoms. The summed E-state index contributed by atoms with van der Waals surface area (Å²) in [7, 11) is 1.55. The molecule has 2 aromatic rings. The summed E-state index contributed by atoms with van der Waals surface area (Å²) in [6.45, 7) is 2.50. The minimum Gasteiger partial charge on any atom is -0.341 e. The summed E-state index contributed by atoms with van der Waals surface area (Å²) in [5.74, 6) is 2.09. The van der Waals surface area contributed by atoms with Gasteiger partial charge in [0.1, 0.15) is 6.61 Å². The second-order valence-electron chi connectivity index (χ2n) is 7.68. The predicted octanol–water partition coefficient (Wildman–Crippen LogP) is 4.53. The summed E-state index contributed by atoms with van der Waals surface area (Å²) in [6, 6.07) is 14.9. The molecule has 0 saturated heterocycles. The van der Waals surface area contributed by atoms with E-state index in [0.717, 1.165) is 48.9 Å². The highest BCUT2D eigenvalue weighted by molar-refractivity contribution is 6.30. The molecule has 0 atom stereocenters. The Morgan fingerprint density at radius 3 is 2.81 bits per heavy atom. The molecule has 1 aliphatic heterocycles. The van der Waals surface area contributed by atoms with E-state index in [-0.39, 0.29) is 12.5 Å². The van der Waals surface area contributed by atoms with E-state index < -0.39 is 0 Å². The number of anilines is 2. The maximum absolute atomic E-state index is 11.8. The van der Waals surface area contributed by atoms with Crippen molar-refractivity contribution in [1.29, 1.82) is 0 Å². The molecule has 1 aliphatic rings. The minimum absolute atomic E-state index is 0.0759. The number of benzene rings is 2. The van der Waals surface area contributed by atoms with Crippen molar-refractivity contribution < 1.29 is 9.63 Å². The zero-order chi connectivity index (χ0) is 22.8. The van der Waals surface area contributed by atoms with Gasteiger partial charge in [0.15, 0.2) is 0 Å². The molecule has 0 aliphatic carbocycles. The number of nitrogens with zero attached hydrogens (tertiary/aromatic N) is 2. The lowest BCUT2D eigenvalue weighted by molar-refractivity contribution is -0.167. The quantitative estimate of drug-likeness (QED) is 0.249. The van der Waals surface area contributed by atoms with Gasteiger partial charge in [0.05, 0.1) is 0 Å². The van der Waals surface area contributed by atoms with Crippen LogP contribution in [0.4, 0.5) is 11.4 Å². The van der Waals surface area contributed by atoms with Gasteiger partial charge in [0.2, 0.25) is 0 Å². The van der Waals surface area contributed by atoms with Gasteiger partial charge in [-0.3, -0.25) is 9.63 Å². The lowest BCUT2D eigenvalue weighted by atomic mass is 10.0. The number of unbranched alkanes of at least 4 members (excludes halogenated alkanes) is 1. The highest BCUT2D eigenvalue weighted by atomic mass is 35.5. The fraction of sp³-hybridized carbons (Fsp3) is 0.346. The van der Waals surface area contributed by atoms with Crippen LogP contribution in [0.2, 0.25) is 5.02 Å². The zero-order valence-corrected chi connectivity index (χ0v) is 19.3. The van der Waals surface area contributed by atoms with Gasteiger partial charge in [-0.1, -0.05) is 47.9 Å². The number of amides is 1. The van der Waals surface area contributed by atoms with Gasteiger partial charge in [-0.15, -0.1) is 6.42 Å². The molecule has 1 N–H and O–H groups in total. The van der Waals surface area contributed by atoms with Crippen molar-refractivity contribution >= 4 is 28.9 Å². The second-order valence-corrected chi connectivity index (χ2v) is 8.12. The molecule has 3 rings (SSSR count). The highest BCUT2D eigenvalue weighted by Gasteiger charge is 2.20. The summed E-state index contributed by atoms with van der Waals surface area (Å²) >= 11 is 6.33. The second kappa shape index (κ2) is 12.3. The van der Waals surface area contributed by atoms with Crippen molar-refractivity contribution in [3.8, 4) is 12.3 Å². The number of carbonyl (C=O) groups excluding carboxylic acids is 1. The van der Waals surface area contributed by atoms with E-state index in [1.54, 1.807) is 13.1 Å². The van der Waals surface area contributed by atoms with Gasteiger partial charge in [-0.05, 0) is 61.6 Å². The van der Waals surface area contributed by atoms with Crippen LogP contribution in [0.25, 0.3) is 0 Å². The number of hydrogen-bond donors (Lipinski definition) is 1. The molecule has 0 radical (unpaired) electrons. The SMILES string of the molecule is C#CCON(C)C(=O)/C=C/CNCCCCN1c2ccccc2CCc2ccc(Cl)cc21. The number of likely N-dealkylation sites (N-methyl/N-ethyl adjacent to an activating group) is 1. The van der Waals surface area contributed by atoms with E-state index in [0.29, 0.717) is 6.54 Å². The van der Waals surface area contributed by atoms with Crippen molar-refractivity contribution in [3.63, 3.8) is 0 Å². The number of terminal acetylenes is 1. The lowest BCUT2D eigenvalue weighted by Gasteiger charge is -2.27. The van der Waals surface area contributed by atoms with Crippen LogP contribution in [0.15, 0.2) is 54.6 Å².